The van der Waals surface area contributed by atoms with Gasteiger partial charge < -0.3 is 14.9 Å². The third kappa shape index (κ3) is 3.15. The minimum absolute atomic E-state index is 0.144. The molecule has 2 N–H and O–H groups in total. The van der Waals surface area contributed by atoms with Gasteiger partial charge in [0.1, 0.15) is 11.5 Å². The van der Waals surface area contributed by atoms with E-state index in [1.165, 1.54) is 0 Å². The van der Waals surface area contributed by atoms with Crippen molar-refractivity contribution in [2.45, 2.75) is 51.6 Å². The van der Waals surface area contributed by atoms with E-state index in [1.54, 1.807) is 6.20 Å². The largest absolute Gasteiger partial charge is 0.352 e. The van der Waals surface area contributed by atoms with E-state index in [-0.39, 0.29) is 11.9 Å². The number of amides is 1. The van der Waals surface area contributed by atoms with E-state index < -0.39 is 0 Å². The number of aromatic nitrogens is 4. The monoisotopic (exact) mass is 287 g/mol. The summed E-state index contributed by atoms with van der Waals surface area (Å²) in [6.45, 7) is 2.93. The van der Waals surface area contributed by atoms with Crippen molar-refractivity contribution in [1.29, 1.82) is 0 Å². The molecule has 6 nitrogen and oxygen atoms in total. The molecule has 0 saturated carbocycles. The lowest BCUT2D eigenvalue weighted by Crippen LogP contribution is -2.29. The SMILES string of the molecule is CCCCc1ncc(-c2nccn2CC2CCC(=O)N2)[nH]1. The Morgan fingerprint density at radius 2 is 2.33 bits per heavy atom. The molecule has 1 unspecified atom stereocenters. The average Bonchev–Trinajstić information content (AvgIpc) is 3.18. The van der Waals surface area contributed by atoms with E-state index in [2.05, 4.69) is 31.8 Å². The number of carbonyl (C=O) groups is 1. The Kier molecular flexibility index (Phi) is 4.03. The van der Waals surface area contributed by atoms with E-state index in [4.69, 9.17) is 0 Å². The van der Waals surface area contributed by atoms with Gasteiger partial charge >= 0.3 is 0 Å². The molecular weight excluding hydrogens is 266 g/mol. The third-order valence-corrected chi connectivity index (χ3v) is 3.85. The van der Waals surface area contributed by atoms with Crippen molar-refractivity contribution in [1.82, 2.24) is 24.8 Å². The summed E-state index contributed by atoms with van der Waals surface area (Å²) in [5.41, 5.74) is 0.940. The molecule has 1 aliphatic rings. The third-order valence-electron chi connectivity index (χ3n) is 3.85. The van der Waals surface area contributed by atoms with Crippen molar-refractivity contribution in [3.63, 3.8) is 0 Å². The highest BCUT2D eigenvalue weighted by molar-refractivity contribution is 5.78. The molecule has 0 radical (unpaired) electrons. The second-order valence-electron chi connectivity index (χ2n) is 5.55. The first-order valence-electron chi connectivity index (χ1n) is 7.61. The van der Waals surface area contributed by atoms with E-state index in [9.17, 15) is 4.79 Å². The topological polar surface area (TPSA) is 75.6 Å². The summed E-state index contributed by atoms with van der Waals surface area (Å²) < 4.78 is 2.08. The highest BCUT2D eigenvalue weighted by atomic mass is 16.1. The van der Waals surface area contributed by atoms with E-state index >= 15 is 0 Å². The van der Waals surface area contributed by atoms with Crippen LogP contribution < -0.4 is 5.32 Å². The van der Waals surface area contributed by atoms with Gasteiger partial charge in [-0.3, -0.25) is 4.79 Å². The van der Waals surface area contributed by atoms with E-state index in [1.807, 2.05) is 12.4 Å². The standard InChI is InChI=1S/C15H21N5O/c1-2-3-4-13-17-9-12(19-13)15-16-7-8-20(15)10-11-5-6-14(21)18-11/h7-9,11H,2-6,10H2,1H3,(H,17,19)(H,18,21). The van der Waals surface area contributed by atoms with Crippen LogP contribution in [-0.4, -0.2) is 31.5 Å². The van der Waals surface area contributed by atoms with Gasteiger partial charge in [-0.05, 0) is 12.8 Å². The maximum absolute atomic E-state index is 11.3. The molecule has 0 spiro atoms. The predicted molar refractivity (Wildman–Crippen MR) is 79.6 cm³/mol. The summed E-state index contributed by atoms with van der Waals surface area (Å²) in [6.07, 6.45) is 10.4. The number of carbonyl (C=O) groups excluding carboxylic acids is 1. The summed E-state index contributed by atoms with van der Waals surface area (Å²) in [5, 5.41) is 2.99. The van der Waals surface area contributed by atoms with Gasteiger partial charge in [-0.1, -0.05) is 13.3 Å². The molecule has 112 valence electrons. The Morgan fingerprint density at radius 1 is 1.43 bits per heavy atom. The number of hydrogen-bond acceptors (Lipinski definition) is 3. The van der Waals surface area contributed by atoms with Crippen LogP contribution in [0.5, 0.6) is 0 Å². The second-order valence-corrected chi connectivity index (χ2v) is 5.55. The Balaban J connectivity index is 1.72. The molecule has 21 heavy (non-hydrogen) atoms. The molecule has 3 heterocycles. The van der Waals surface area contributed by atoms with Crippen molar-refractivity contribution >= 4 is 5.91 Å². The highest BCUT2D eigenvalue weighted by Gasteiger charge is 2.22. The smallest absolute Gasteiger partial charge is 0.220 e. The van der Waals surface area contributed by atoms with Crippen LogP contribution in [0.1, 0.15) is 38.4 Å². The molecule has 0 aromatic carbocycles. The zero-order valence-corrected chi connectivity index (χ0v) is 12.3. The second kappa shape index (κ2) is 6.11. The summed E-state index contributed by atoms with van der Waals surface area (Å²) in [4.78, 5) is 23.5. The number of nitrogens with one attached hydrogen (secondary N) is 2. The Labute approximate surface area is 124 Å². The Hall–Kier alpha value is -2.11. The fourth-order valence-electron chi connectivity index (χ4n) is 2.70. The fourth-order valence-corrected chi connectivity index (χ4v) is 2.70. The lowest BCUT2D eigenvalue weighted by atomic mass is 10.2. The minimum Gasteiger partial charge on any atom is -0.352 e. The number of rotatable bonds is 6. The van der Waals surface area contributed by atoms with Gasteiger partial charge in [0.05, 0.1) is 6.20 Å². The van der Waals surface area contributed by atoms with Crippen LogP contribution >= 0.6 is 0 Å². The molecule has 1 saturated heterocycles. The van der Waals surface area contributed by atoms with Crippen molar-refractivity contribution in [3.05, 3.63) is 24.4 Å². The molecule has 1 amide bonds. The first-order valence-corrected chi connectivity index (χ1v) is 7.61. The highest BCUT2D eigenvalue weighted by Crippen LogP contribution is 2.18. The number of aryl methyl sites for hydroxylation is 1. The zero-order chi connectivity index (χ0) is 14.7. The van der Waals surface area contributed by atoms with E-state index in [0.29, 0.717) is 6.42 Å². The summed E-state index contributed by atoms with van der Waals surface area (Å²) in [6, 6.07) is 0.202. The number of hydrogen-bond donors (Lipinski definition) is 2. The van der Waals surface area contributed by atoms with Gasteiger partial charge in [0, 0.05) is 37.8 Å². The number of aromatic amines is 1. The molecule has 6 heteroatoms. The number of imidazole rings is 2. The molecule has 3 rings (SSSR count). The molecule has 1 aliphatic heterocycles. The number of unbranched alkanes of at least 4 members (excludes halogenated alkanes) is 1. The minimum atomic E-state index is 0.144. The van der Waals surface area contributed by atoms with Gasteiger partial charge in [0.2, 0.25) is 5.91 Å². The van der Waals surface area contributed by atoms with Crippen molar-refractivity contribution in [2.75, 3.05) is 0 Å². The van der Waals surface area contributed by atoms with Gasteiger partial charge in [-0.2, -0.15) is 0 Å². The normalized spacial score (nSPS) is 18.1. The van der Waals surface area contributed by atoms with Crippen LogP contribution in [0.4, 0.5) is 0 Å². The van der Waals surface area contributed by atoms with Gasteiger partial charge in [-0.15, -0.1) is 0 Å². The maximum atomic E-state index is 11.3. The molecule has 2 aromatic heterocycles. The number of H-pyrrole nitrogens is 1. The molecule has 1 fully saturated rings. The first-order chi connectivity index (χ1) is 10.3. The van der Waals surface area contributed by atoms with E-state index in [0.717, 1.165) is 49.6 Å². The predicted octanol–water partition coefficient (Wildman–Crippen LogP) is 1.89. The Bertz CT molecular complexity index is 615. The van der Waals surface area contributed by atoms with Crippen LogP contribution in [0.25, 0.3) is 11.5 Å². The molecule has 0 bridgehead atoms. The lowest BCUT2D eigenvalue weighted by Gasteiger charge is -2.12. The van der Waals surface area contributed by atoms with Crippen LogP contribution in [0.2, 0.25) is 0 Å². The van der Waals surface area contributed by atoms with Gasteiger partial charge in [0.15, 0.2) is 5.82 Å². The lowest BCUT2D eigenvalue weighted by molar-refractivity contribution is -0.119. The Morgan fingerprint density at radius 3 is 3.10 bits per heavy atom. The van der Waals surface area contributed by atoms with Crippen LogP contribution in [-0.2, 0) is 17.8 Å². The zero-order valence-electron chi connectivity index (χ0n) is 12.3. The van der Waals surface area contributed by atoms with Crippen molar-refractivity contribution < 1.29 is 4.79 Å². The van der Waals surface area contributed by atoms with Crippen LogP contribution in [0, 0.1) is 0 Å². The molecular formula is C15H21N5O. The summed E-state index contributed by atoms with van der Waals surface area (Å²) in [7, 11) is 0. The average molecular weight is 287 g/mol. The van der Waals surface area contributed by atoms with Crippen molar-refractivity contribution in [3.8, 4) is 11.5 Å². The van der Waals surface area contributed by atoms with Crippen LogP contribution in [0.15, 0.2) is 18.6 Å². The van der Waals surface area contributed by atoms with Gasteiger partial charge in [0.25, 0.3) is 0 Å². The number of nitrogens with zero attached hydrogens (tertiary/aromatic N) is 3. The summed E-state index contributed by atoms with van der Waals surface area (Å²) >= 11 is 0. The first kappa shape index (κ1) is 13.9. The quantitative estimate of drug-likeness (QED) is 0.852. The summed E-state index contributed by atoms with van der Waals surface area (Å²) in [5.74, 6) is 2.03. The molecule has 0 aliphatic carbocycles. The van der Waals surface area contributed by atoms with Crippen LogP contribution in [0.3, 0.4) is 0 Å². The van der Waals surface area contributed by atoms with Crippen molar-refractivity contribution in [2.24, 2.45) is 0 Å². The maximum Gasteiger partial charge on any atom is 0.220 e. The fraction of sp³-hybridized carbons (Fsp3) is 0.533. The van der Waals surface area contributed by atoms with Gasteiger partial charge in [-0.25, -0.2) is 9.97 Å². The molecule has 1 atom stereocenters. The molecule has 2 aromatic rings.